The Kier molecular flexibility index (Phi) is 3.83. The standard InChI is InChI=1S/C16H25N3/c1-4-16(5-2)8-9-19(11-16)14-10-12(3)6-7-13(14)15(17)18/h6-7,10H,4-5,8-9,11H2,1-3H3,(H3,17,18). The van der Waals surface area contributed by atoms with Crippen molar-refractivity contribution in [2.75, 3.05) is 18.0 Å². The highest BCUT2D eigenvalue weighted by Crippen LogP contribution is 2.40. The molecule has 0 unspecified atom stereocenters. The van der Waals surface area contributed by atoms with E-state index in [4.69, 9.17) is 11.1 Å². The molecule has 1 aromatic carbocycles. The summed E-state index contributed by atoms with van der Waals surface area (Å²) in [6.45, 7) is 8.83. The highest BCUT2D eigenvalue weighted by Gasteiger charge is 2.35. The highest BCUT2D eigenvalue weighted by molar-refractivity contribution is 6.00. The summed E-state index contributed by atoms with van der Waals surface area (Å²) in [4.78, 5) is 2.41. The first-order chi connectivity index (χ1) is 9.01. The molecule has 1 fully saturated rings. The predicted octanol–water partition coefficient (Wildman–Crippen LogP) is 3.30. The van der Waals surface area contributed by atoms with E-state index >= 15 is 0 Å². The molecule has 3 heteroatoms. The minimum Gasteiger partial charge on any atom is -0.384 e. The van der Waals surface area contributed by atoms with Crippen LogP contribution >= 0.6 is 0 Å². The Hall–Kier alpha value is -1.51. The smallest absolute Gasteiger partial charge is 0.124 e. The third-order valence-electron chi connectivity index (χ3n) is 4.72. The van der Waals surface area contributed by atoms with Gasteiger partial charge in [-0.2, -0.15) is 0 Å². The molecule has 1 saturated heterocycles. The van der Waals surface area contributed by atoms with Gasteiger partial charge in [0.1, 0.15) is 5.84 Å². The molecule has 0 atom stereocenters. The monoisotopic (exact) mass is 259 g/mol. The number of rotatable bonds is 4. The average Bonchev–Trinajstić information content (AvgIpc) is 2.83. The van der Waals surface area contributed by atoms with Gasteiger partial charge in [0, 0.05) is 24.3 Å². The molecule has 0 bridgehead atoms. The Morgan fingerprint density at radius 2 is 2.05 bits per heavy atom. The number of nitrogens with zero attached hydrogens (tertiary/aromatic N) is 1. The SMILES string of the molecule is CCC1(CC)CCN(c2cc(C)ccc2C(=N)N)C1. The highest BCUT2D eigenvalue weighted by atomic mass is 15.2. The van der Waals surface area contributed by atoms with Gasteiger partial charge in [-0.25, -0.2) is 0 Å². The van der Waals surface area contributed by atoms with Gasteiger partial charge in [0.15, 0.2) is 0 Å². The second-order valence-corrected chi connectivity index (χ2v) is 5.81. The summed E-state index contributed by atoms with van der Waals surface area (Å²) in [5.41, 5.74) is 9.40. The molecule has 3 N–H and O–H groups in total. The average molecular weight is 259 g/mol. The van der Waals surface area contributed by atoms with Crippen molar-refractivity contribution in [3.63, 3.8) is 0 Å². The molecule has 0 radical (unpaired) electrons. The Balaban J connectivity index is 2.33. The van der Waals surface area contributed by atoms with Gasteiger partial charge in [-0.3, -0.25) is 5.41 Å². The van der Waals surface area contributed by atoms with Crippen molar-refractivity contribution in [2.45, 2.75) is 40.0 Å². The van der Waals surface area contributed by atoms with Crippen LogP contribution in [0.25, 0.3) is 0 Å². The number of benzene rings is 1. The molecule has 1 aliphatic heterocycles. The lowest BCUT2D eigenvalue weighted by molar-refractivity contribution is 0.301. The van der Waals surface area contributed by atoms with Crippen LogP contribution in [0.1, 0.15) is 44.2 Å². The van der Waals surface area contributed by atoms with E-state index in [-0.39, 0.29) is 5.84 Å². The Bertz CT molecular complexity index is 475. The zero-order valence-electron chi connectivity index (χ0n) is 12.3. The van der Waals surface area contributed by atoms with Crippen LogP contribution in [-0.4, -0.2) is 18.9 Å². The van der Waals surface area contributed by atoms with E-state index in [1.165, 1.54) is 24.8 Å². The maximum absolute atomic E-state index is 7.75. The first kappa shape index (κ1) is 13.9. The second kappa shape index (κ2) is 5.24. The van der Waals surface area contributed by atoms with Gasteiger partial charge < -0.3 is 10.6 Å². The van der Waals surface area contributed by atoms with Crippen molar-refractivity contribution < 1.29 is 0 Å². The first-order valence-electron chi connectivity index (χ1n) is 7.21. The van der Waals surface area contributed by atoms with Gasteiger partial charge in [-0.05, 0) is 49.3 Å². The van der Waals surface area contributed by atoms with Gasteiger partial charge in [-0.15, -0.1) is 0 Å². The van der Waals surface area contributed by atoms with Crippen LogP contribution in [0.15, 0.2) is 18.2 Å². The lowest BCUT2D eigenvalue weighted by Crippen LogP contribution is -2.28. The van der Waals surface area contributed by atoms with Crippen molar-refractivity contribution in [1.82, 2.24) is 0 Å². The number of anilines is 1. The third kappa shape index (κ3) is 2.60. The Labute approximate surface area is 116 Å². The molecule has 1 aliphatic rings. The molecule has 3 nitrogen and oxygen atoms in total. The zero-order valence-corrected chi connectivity index (χ0v) is 12.3. The van der Waals surface area contributed by atoms with Crippen LogP contribution in [0, 0.1) is 17.7 Å². The van der Waals surface area contributed by atoms with Gasteiger partial charge in [0.25, 0.3) is 0 Å². The molecule has 1 aromatic rings. The molecule has 0 aromatic heterocycles. The van der Waals surface area contributed by atoms with Crippen LogP contribution in [-0.2, 0) is 0 Å². The number of amidine groups is 1. The molecule has 0 aliphatic carbocycles. The van der Waals surface area contributed by atoms with E-state index in [1.54, 1.807) is 0 Å². The summed E-state index contributed by atoms with van der Waals surface area (Å²) in [5.74, 6) is 0.167. The van der Waals surface area contributed by atoms with Crippen LogP contribution < -0.4 is 10.6 Å². The van der Waals surface area contributed by atoms with E-state index in [2.05, 4.69) is 31.7 Å². The fourth-order valence-electron chi connectivity index (χ4n) is 3.10. The summed E-state index contributed by atoms with van der Waals surface area (Å²) in [6, 6.07) is 6.17. The lowest BCUT2D eigenvalue weighted by atomic mass is 9.82. The number of nitrogens with one attached hydrogen (secondary N) is 1. The predicted molar refractivity (Wildman–Crippen MR) is 82.0 cm³/mol. The third-order valence-corrected chi connectivity index (χ3v) is 4.72. The molecule has 0 saturated carbocycles. The molecule has 0 amide bonds. The molecule has 2 rings (SSSR count). The van der Waals surface area contributed by atoms with Crippen LogP contribution in [0.2, 0.25) is 0 Å². The van der Waals surface area contributed by atoms with E-state index in [0.29, 0.717) is 5.41 Å². The van der Waals surface area contributed by atoms with Gasteiger partial charge >= 0.3 is 0 Å². The van der Waals surface area contributed by atoms with Gasteiger partial charge in [0.2, 0.25) is 0 Å². The quantitative estimate of drug-likeness (QED) is 0.644. The van der Waals surface area contributed by atoms with Crippen molar-refractivity contribution in [2.24, 2.45) is 11.1 Å². The maximum atomic E-state index is 7.75. The molecular formula is C16H25N3. The van der Waals surface area contributed by atoms with Gasteiger partial charge in [-0.1, -0.05) is 19.9 Å². The van der Waals surface area contributed by atoms with Crippen molar-refractivity contribution in [3.8, 4) is 0 Å². The first-order valence-corrected chi connectivity index (χ1v) is 7.21. The molecule has 0 spiro atoms. The Morgan fingerprint density at radius 3 is 2.58 bits per heavy atom. The summed E-state index contributed by atoms with van der Waals surface area (Å²) >= 11 is 0. The number of hydrogen-bond acceptors (Lipinski definition) is 2. The number of hydrogen-bond donors (Lipinski definition) is 2. The minimum absolute atomic E-state index is 0.167. The van der Waals surface area contributed by atoms with E-state index < -0.39 is 0 Å². The van der Waals surface area contributed by atoms with Crippen LogP contribution in [0.3, 0.4) is 0 Å². The van der Waals surface area contributed by atoms with Crippen molar-refractivity contribution in [3.05, 3.63) is 29.3 Å². The topological polar surface area (TPSA) is 53.1 Å². The lowest BCUT2D eigenvalue weighted by Gasteiger charge is -2.28. The second-order valence-electron chi connectivity index (χ2n) is 5.81. The molecule has 19 heavy (non-hydrogen) atoms. The molecule has 1 heterocycles. The van der Waals surface area contributed by atoms with Crippen molar-refractivity contribution in [1.29, 1.82) is 5.41 Å². The van der Waals surface area contributed by atoms with Crippen LogP contribution in [0.4, 0.5) is 5.69 Å². The fraction of sp³-hybridized carbons (Fsp3) is 0.562. The normalized spacial score (nSPS) is 17.7. The summed E-state index contributed by atoms with van der Waals surface area (Å²) in [7, 11) is 0. The summed E-state index contributed by atoms with van der Waals surface area (Å²) in [5, 5.41) is 7.75. The number of aryl methyl sites for hydroxylation is 1. The largest absolute Gasteiger partial charge is 0.384 e. The van der Waals surface area contributed by atoms with E-state index in [0.717, 1.165) is 24.3 Å². The molecular weight excluding hydrogens is 234 g/mol. The number of nitrogens with two attached hydrogens (primary N) is 1. The van der Waals surface area contributed by atoms with E-state index in [1.807, 2.05) is 12.1 Å². The van der Waals surface area contributed by atoms with Crippen LogP contribution in [0.5, 0.6) is 0 Å². The zero-order chi connectivity index (χ0) is 14.0. The number of nitrogen functional groups attached to an aromatic ring is 1. The summed E-state index contributed by atoms with van der Waals surface area (Å²) in [6.07, 6.45) is 3.69. The Morgan fingerprint density at radius 1 is 1.37 bits per heavy atom. The summed E-state index contributed by atoms with van der Waals surface area (Å²) < 4.78 is 0. The maximum Gasteiger partial charge on any atom is 0.124 e. The van der Waals surface area contributed by atoms with E-state index in [9.17, 15) is 0 Å². The minimum atomic E-state index is 0.167. The van der Waals surface area contributed by atoms with Crippen molar-refractivity contribution >= 4 is 11.5 Å². The fourth-order valence-corrected chi connectivity index (χ4v) is 3.10. The molecule has 104 valence electrons. The van der Waals surface area contributed by atoms with Gasteiger partial charge in [0.05, 0.1) is 0 Å².